The smallest absolute Gasteiger partial charge is 0.123 e. The van der Waals surface area contributed by atoms with E-state index in [4.69, 9.17) is 5.84 Å². The molecule has 3 N–H and O–H groups in total. The maximum absolute atomic E-state index is 13.1. The van der Waals surface area contributed by atoms with E-state index in [2.05, 4.69) is 36.6 Å². The Morgan fingerprint density at radius 1 is 1.10 bits per heavy atom. The molecule has 0 radical (unpaired) electrons. The normalized spacial score (nSPS) is 12.4. The van der Waals surface area contributed by atoms with Crippen molar-refractivity contribution >= 4 is 0 Å². The van der Waals surface area contributed by atoms with Crippen molar-refractivity contribution in [3.8, 4) is 0 Å². The predicted molar refractivity (Wildman–Crippen MR) is 80.8 cm³/mol. The highest BCUT2D eigenvalue weighted by Gasteiger charge is 2.11. The summed E-state index contributed by atoms with van der Waals surface area (Å²) in [7, 11) is 0. The molecule has 3 heteroatoms. The van der Waals surface area contributed by atoms with Crippen LogP contribution in [0.5, 0.6) is 0 Å². The molecule has 0 saturated heterocycles. The van der Waals surface area contributed by atoms with Gasteiger partial charge in [0.05, 0.1) is 0 Å². The van der Waals surface area contributed by atoms with Crippen molar-refractivity contribution in [2.45, 2.75) is 32.7 Å². The molecule has 0 fully saturated rings. The molecule has 0 amide bonds. The Bertz CT molecular complexity index is 581. The first-order valence-corrected chi connectivity index (χ1v) is 6.85. The molecule has 0 heterocycles. The van der Waals surface area contributed by atoms with Gasteiger partial charge in [0.25, 0.3) is 0 Å². The summed E-state index contributed by atoms with van der Waals surface area (Å²) in [4.78, 5) is 0. The highest BCUT2D eigenvalue weighted by Crippen LogP contribution is 2.15. The molecular weight excluding hydrogens is 251 g/mol. The average molecular weight is 272 g/mol. The quantitative estimate of drug-likeness (QED) is 0.648. The van der Waals surface area contributed by atoms with Crippen LogP contribution in [0.4, 0.5) is 4.39 Å². The van der Waals surface area contributed by atoms with Gasteiger partial charge in [0.2, 0.25) is 0 Å². The number of nitrogens with one attached hydrogen (secondary N) is 1. The van der Waals surface area contributed by atoms with Crippen LogP contribution >= 0.6 is 0 Å². The molecule has 2 aromatic carbocycles. The van der Waals surface area contributed by atoms with E-state index in [1.54, 1.807) is 6.07 Å². The van der Waals surface area contributed by atoms with Crippen LogP contribution in [0.25, 0.3) is 0 Å². The van der Waals surface area contributed by atoms with Crippen LogP contribution in [0.3, 0.4) is 0 Å². The third-order valence-electron chi connectivity index (χ3n) is 3.57. The molecule has 2 aromatic rings. The van der Waals surface area contributed by atoms with Gasteiger partial charge in [-0.25, -0.2) is 4.39 Å². The van der Waals surface area contributed by atoms with Crippen LogP contribution in [0, 0.1) is 19.7 Å². The fraction of sp³-hybridized carbons (Fsp3) is 0.294. The van der Waals surface area contributed by atoms with Crippen molar-refractivity contribution in [3.05, 3.63) is 70.5 Å². The van der Waals surface area contributed by atoms with E-state index in [1.807, 2.05) is 13.0 Å². The van der Waals surface area contributed by atoms with E-state index in [0.717, 1.165) is 24.0 Å². The van der Waals surface area contributed by atoms with E-state index < -0.39 is 0 Å². The van der Waals surface area contributed by atoms with Gasteiger partial charge in [0, 0.05) is 6.04 Å². The average Bonchev–Trinajstić information content (AvgIpc) is 2.41. The number of hydrazine groups is 1. The van der Waals surface area contributed by atoms with Gasteiger partial charge in [-0.05, 0) is 55.5 Å². The molecule has 2 nitrogen and oxygen atoms in total. The number of hydrogen-bond acceptors (Lipinski definition) is 2. The van der Waals surface area contributed by atoms with Crippen LogP contribution in [0.2, 0.25) is 0 Å². The minimum absolute atomic E-state index is 0.140. The Hall–Kier alpha value is -1.71. The molecule has 0 aliphatic rings. The monoisotopic (exact) mass is 272 g/mol. The maximum atomic E-state index is 13.1. The van der Waals surface area contributed by atoms with E-state index >= 15 is 0 Å². The molecule has 0 aliphatic carbocycles. The Morgan fingerprint density at radius 2 is 1.90 bits per heavy atom. The molecule has 2 rings (SSSR count). The van der Waals surface area contributed by atoms with Crippen molar-refractivity contribution in [2.75, 3.05) is 0 Å². The van der Waals surface area contributed by atoms with Crippen LogP contribution in [0.1, 0.15) is 22.3 Å². The van der Waals surface area contributed by atoms with Crippen LogP contribution in [-0.2, 0) is 12.8 Å². The van der Waals surface area contributed by atoms with Gasteiger partial charge in [0.1, 0.15) is 5.82 Å². The Kier molecular flexibility index (Phi) is 4.88. The summed E-state index contributed by atoms with van der Waals surface area (Å²) < 4.78 is 13.1. The van der Waals surface area contributed by atoms with Crippen LogP contribution < -0.4 is 11.3 Å². The SMILES string of the molecule is Cc1cccc(CC(Cc2ccc(F)cc2C)NN)c1. The minimum Gasteiger partial charge on any atom is -0.271 e. The lowest BCUT2D eigenvalue weighted by molar-refractivity contribution is 0.520. The molecule has 1 unspecified atom stereocenters. The third kappa shape index (κ3) is 3.89. The number of rotatable bonds is 5. The van der Waals surface area contributed by atoms with Crippen molar-refractivity contribution < 1.29 is 4.39 Å². The fourth-order valence-electron chi connectivity index (χ4n) is 2.47. The number of aryl methyl sites for hydroxylation is 2. The topological polar surface area (TPSA) is 38.0 Å². The van der Waals surface area contributed by atoms with Gasteiger partial charge in [-0.3, -0.25) is 11.3 Å². The summed E-state index contributed by atoms with van der Waals surface area (Å²) in [6.07, 6.45) is 1.64. The van der Waals surface area contributed by atoms with Gasteiger partial charge in [-0.15, -0.1) is 0 Å². The summed E-state index contributed by atoms with van der Waals surface area (Å²) in [6, 6.07) is 13.5. The zero-order chi connectivity index (χ0) is 14.5. The van der Waals surface area contributed by atoms with Gasteiger partial charge in [0.15, 0.2) is 0 Å². The maximum Gasteiger partial charge on any atom is 0.123 e. The molecule has 0 saturated carbocycles. The molecular formula is C17H21FN2. The van der Waals surface area contributed by atoms with Crippen molar-refractivity contribution in [3.63, 3.8) is 0 Å². The van der Waals surface area contributed by atoms with Gasteiger partial charge in [-0.1, -0.05) is 35.9 Å². The summed E-state index contributed by atoms with van der Waals surface area (Å²) in [6.45, 7) is 4.01. The van der Waals surface area contributed by atoms with Crippen LogP contribution in [0.15, 0.2) is 42.5 Å². The van der Waals surface area contributed by atoms with Crippen molar-refractivity contribution in [2.24, 2.45) is 5.84 Å². The lowest BCUT2D eigenvalue weighted by Crippen LogP contribution is -2.38. The standard InChI is InChI=1S/C17H21FN2/c1-12-4-3-5-14(8-12)10-17(20-19)11-15-6-7-16(18)9-13(15)2/h3-9,17,20H,10-11,19H2,1-2H3. The second-order valence-electron chi connectivity index (χ2n) is 5.33. The highest BCUT2D eigenvalue weighted by molar-refractivity contribution is 5.28. The van der Waals surface area contributed by atoms with E-state index in [1.165, 1.54) is 17.2 Å². The first-order valence-electron chi connectivity index (χ1n) is 6.85. The molecule has 1 atom stereocenters. The first kappa shape index (κ1) is 14.7. The second kappa shape index (κ2) is 6.64. The van der Waals surface area contributed by atoms with E-state index in [9.17, 15) is 4.39 Å². The zero-order valence-electron chi connectivity index (χ0n) is 12.0. The Labute approximate surface area is 119 Å². The number of halogens is 1. The summed E-state index contributed by atoms with van der Waals surface area (Å²) >= 11 is 0. The van der Waals surface area contributed by atoms with E-state index in [-0.39, 0.29) is 11.9 Å². The molecule has 0 bridgehead atoms. The van der Waals surface area contributed by atoms with Crippen molar-refractivity contribution in [1.82, 2.24) is 5.43 Å². The lowest BCUT2D eigenvalue weighted by Gasteiger charge is -2.17. The largest absolute Gasteiger partial charge is 0.271 e. The summed E-state index contributed by atoms with van der Waals surface area (Å²) in [5.41, 5.74) is 7.46. The second-order valence-corrected chi connectivity index (χ2v) is 5.33. The van der Waals surface area contributed by atoms with Gasteiger partial charge < -0.3 is 0 Å². The molecule has 20 heavy (non-hydrogen) atoms. The lowest BCUT2D eigenvalue weighted by atomic mass is 9.96. The fourth-order valence-corrected chi connectivity index (χ4v) is 2.47. The van der Waals surface area contributed by atoms with Crippen molar-refractivity contribution in [1.29, 1.82) is 0 Å². The molecule has 106 valence electrons. The Morgan fingerprint density at radius 3 is 2.55 bits per heavy atom. The van der Waals surface area contributed by atoms with Crippen LogP contribution in [-0.4, -0.2) is 6.04 Å². The number of hydrogen-bond donors (Lipinski definition) is 2. The van der Waals surface area contributed by atoms with E-state index in [0.29, 0.717) is 0 Å². The third-order valence-corrected chi connectivity index (χ3v) is 3.57. The predicted octanol–water partition coefficient (Wildman–Crippen LogP) is 3.06. The minimum atomic E-state index is -0.192. The highest BCUT2D eigenvalue weighted by atomic mass is 19.1. The molecule has 0 aromatic heterocycles. The number of nitrogens with two attached hydrogens (primary N) is 1. The Balaban J connectivity index is 2.09. The molecule has 0 aliphatic heterocycles. The summed E-state index contributed by atoms with van der Waals surface area (Å²) in [5.74, 6) is 5.47. The van der Waals surface area contributed by atoms with Gasteiger partial charge in [-0.2, -0.15) is 0 Å². The zero-order valence-corrected chi connectivity index (χ0v) is 12.0. The molecule has 0 spiro atoms. The number of benzene rings is 2. The first-order chi connectivity index (χ1) is 9.58. The van der Waals surface area contributed by atoms with Gasteiger partial charge >= 0.3 is 0 Å². The summed E-state index contributed by atoms with van der Waals surface area (Å²) in [5, 5.41) is 0.